The van der Waals surface area contributed by atoms with E-state index in [1.165, 1.54) is 24.0 Å². The number of carbonyl (C=O) groups is 2. The molecule has 0 aliphatic carbocycles. The van der Waals surface area contributed by atoms with Crippen molar-refractivity contribution < 1.29 is 23.6 Å². The number of hydroxylamine groups is 2. The topological polar surface area (TPSA) is 59.1 Å². The molecule has 1 aliphatic rings. The molecule has 0 bridgehead atoms. The van der Waals surface area contributed by atoms with Crippen LogP contribution in [0.15, 0.2) is 18.2 Å². The predicted octanol–water partition coefficient (Wildman–Crippen LogP) is 4.37. The number of piperidine rings is 1. The summed E-state index contributed by atoms with van der Waals surface area (Å²) < 4.78 is 19.1. The summed E-state index contributed by atoms with van der Waals surface area (Å²) in [7, 11) is 0. The first kappa shape index (κ1) is 20.3. The van der Waals surface area contributed by atoms with Gasteiger partial charge in [-0.1, -0.05) is 11.6 Å². The van der Waals surface area contributed by atoms with E-state index < -0.39 is 29.6 Å². The molecule has 1 unspecified atom stereocenters. The Kier molecular flexibility index (Phi) is 6.34. The molecule has 6 nitrogen and oxygen atoms in total. The minimum absolute atomic E-state index is 0.0419. The summed E-state index contributed by atoms with van der Waals surface area (Å²) >= 11 is 5.67. The van der Waals surface area contributed by atoms with E-state index in [1.54, 1.807) is 20.8 Å². The Morgan fingerprint density at radius 2 is 2.00 bits per heavy atom. The lowest BCUT2D eigenvalue weighted by atomic mass is 10.1. The second kappa shape index (κ2) is 8.12. The minimum Gasteiger partial charge on any atom is -0.444 e. The fraction of sp³-hybridized carbons (Fsp3) is 0.556. The van der Waals surface area contributed by atoms with Crippen molar-refractivity contribution >= 4 is 23.6 Å². The summed E-state index contributed by atoms with van der Waals surface area (Å²) in [6.45, 7) is 7.11. The number of rotatable bonds is 3. The summed E-state index contributed by atoms with van der Waals surface area (Å²) in [5.41, 5.74) is -0.652. The SMILES string of the molecule is CC(=O)N(Oc1ccc(Cl)c(F)c1)C1CCCCN1C(=O)OC(C)(C)C. The van der Waals surface area contributed by atoms with E-state index in [9.17, 15) is 14.0 Å². The zero-order valence-electron chi connectivity index (χ0n) is 15.4. The first-order valence-corrected chi connectivity index (χ1v) is 8.89. The molecule has 1 fully saturated rings. The lowest BCUT2D eigenvalue weighted by Gasteiger charge is -2.41. The van der Waals surface area contributed by atoms with E-state index in [1.807, 2.05) is 0 Å². The Bertz CT molecular complexity index is 678. The Morgan fingerprint density at radius 3 is 2.58 bits per heavy atom. The summed E-state index contributed by atoms with van der Waals surface area (Å²) in [6, 6.07) is 3.90. The van der Waals surface area contributed by atoms with Gasteiger partial charge in [0.1, 0.15) is 17.6 Å². The molecule has 1 atom stereocenters. The Labute approximate surface area is 157 Å². The molecule has 0 radical (unpaired) electrons. The van der Waals surface area contributed by atoms with Gasteiger partial charge < -0.3 is 9.57 Å². The summed E-state index contributed by atoms with van der Waals surface area (Å²) in [4.78, 5) is 31.8. The molecular weight excluding hydrogens is 363 g/mol. The second-order valence-electron chi connectivity index (χ2n) is 7.16. The zero-order valence-corrected chi connectivity index (χ0v) is 16.2. The van der Waals surface area contributed by atoms with Crippen LogP contribution >= 0.6 is 11.6 Å². The first-order chi connectivity index (χ1) is 12.1. The van der Waals surface area contributed by atoms with E-state index in [0.717, 1.165) is 24.0 Å². The standard InChI is InChI=1S/C18H24ClFN2O4/c1-12(23)22(26-13-8-9-14(19)15(20)11-13)16-7-5-6-10-21(16)17(24)25-18(2,3)4/h8-9,11,16H,5-7,10H2,1-4H3. The van der Waals surface area contributed by atoms with Crippen LogP contribution in [-0.4, -0.2) is 40.3 Å². The zero-order chi connectivity index (χ0) is 19.5. The van der Waals surface area contributed by atoms with Gasteiger partial charge >= 0.3 is 6.09 Å². The van der Waals surface area contributed by atoms with Gasteiger partial charge in [-0.3, -0.25) is 9.69 Å². The third kappa shape index (κ3) is 5.24. The Morgan fingerprint density at radius 1 is 1.31 bits per heavy atom. The molecule has 144 valence electrons. The largest absolute Gasteiger partial charge is 0.444 e. The molecule has 1 aliphatic heterocycles. The quantitative estimate of drug-likeness (QED) is 0.724. The summed E-state index contributed by atoms with van der Waals surface area (Å²) in [6.07, 6.45) is 1.02. The lowest BCUT2D eigenvalue weighted by molar-refractivity contribution is -0.180. The van der Waals surface area contributed by atoms with Crippen molar-refractivity contribution in [1.82, 2.24) is 9.96 Å². The third-order valence-corrected chi connectivity index (χ3v) is 4.08. The van der Waals surface area contributed by atoms with Crippen LogP contribution in [0.2, 0.25) is 5.02 Å². The van der Waals surface area contributed by atoms with Gasteiger partial charge in [0.05, 0.1) is 5.02 Å². The lowest BCUT2D eigenvalue weighted by Crippen LogP contribution is -2.56. The molecule has 2 rings (SSSR count). The average Bonchev–Trinajstić information content (AvgIpc) is 2.54. The summed E-state index contributed by atoms with van der Waals surface area (Å²) in [5.74, 6) is -0.932. The highest BCUT2D eigenvalue weighted by Crippen LogP contribution is 2.26. The highest BCUT2D eigenvalue weighted by atomic mass is 35.5. The average molecular weight is 387 g/mol. The van der Waals surface area contributed by atoms with E-state index in [2.05, 4.69) is 0 Å². The first-order valence-electron chi connectivity index (χ1n) is 8.51. The molecule has 1 aromatic carbocycles. The van der Waals surface area contributed by atoms with Gasteiger partial charge in [0, 0.05) is 19.5 Å². The van der Waals surface area contributed by atoms with Crippen molar-refractivity contribution in [3.05, 3.63) is 29.0 Å². The van der Waals surface area contributed by atoms with Gasteiger partial charge in [0.2, 0.25) is 0 Å². The minimum atomic E-state index is -0.652. The van der Waals surface area contributed by atoms with Crippen LogP contribution in [0.25, 0.3) is 0 Å². The Hall–Kier alpha value is -2.02. The molecule has 0 aromatic heterocycles. The van der Waals surface area contributed by atoms with Crippen LogP contribution in [0.5, 0.6) is 5.75 Å². The van der Waals surface area contributed by atoms with Gasteiger partial charge in [-0.25, -0.2) is 9.18 Å². The van der Waals surface area contributed by atoms with Crippen LogP contribution in [-0.2, 0) is 9.53 Å². The number of hydrogen-bond donors (Lipinski definition) is 0. The number of likely N-dealkylation sites (tertiary alicyclic amines) is 1. The maximum atomic E-state index is 13.7. The molecule has 0 spiro atoms. The normalized spacial score (nSPS) is 17.6. The predicted molar refractivity (Wildman–Crippen MR) is 95.1 cm³/mol. The second-order valence-corrected chi connectivity index (χ2v) is 7.57. The molecule has 1 saturated heterocycles. The van der Waals surface area contributed by atoms with Crippen LogP contribution in [0.1, 0.15) is 47.0 Å². The number of carbonyl (C=O) groups excluding carboxylic acids is 2. The number of nitrogens with zero attached hydrogens (tertiary/aromatic N) is 2. The molecule has 26 heavy (non-hydrogen) atoms. The van der Waals surface area contributed by atoms with Gasteiger partial charge in [-0.05, 0) is 52.2 Å². The number of halogens is 2. The highest BCUT2D eigenvalue weighted by molar-refractivity contribution is 6.30. The van der Waals surface area contributed by atoms with E-state index >= 15 is 0 Å². The van der Waals surface area contributed by atoms with Gasteiger partial charge in [0.15, 0.2) is 5.75 Å². The molecule has 1 heterocycles. The molecule has 0 saturated carbocycles. The van der Waals surface area contributed by atoms with Gasteiger partial charge in [-0.2, -0.15) is 5.06 Å². The fourth-order valence-electron chi connectivity index (χ4n) is 2.67. The summed E-state index contributed by atoms with van der Waals surface area (Å²) in [5, 5.41) is 1.05. The maximum Gasteiger partial charge on any atom is 0.412 e. The molecule has 8 heteroatoms. The van der Waals surface area contributed by atoms with Crippen molar-refractivity contribution in [3.63, 3.8) is 0 Å². The third-order valence-electron chi connectivity index (χ3n) is 3.77. The maximum absolute atomic E-state index is 13.7. The van der Waals surface area contributed by atoms with E-state index in [4.69, 9.17) is 21.2 Å². The number of amides is 2. The van der Waals surface area contributed by atoms with Gasteiger partial charge in [-0.15, -0.1) is 0 Å². The molecule has 0 N–H and O–H groups in total. The smallest absolute Gasteiger partial charge is 0.412 e. The highest BCUT2D eigenvalue weighted by Gasteiger charge is 2.37. The van der Waals surface area contributed by atoms with Crippen molar-refractivity contribution in [1.29, 1.82) is 0 Å². The van der Waals surface area contributed by atoms with Crippen LogP contribution in [0.4, 0.5) is 9.18 Å². The Balaban J connectivity index is 2.23. The number of benzene rings is 1. The van der Waals surface area contributed by atoms with Crippen molar-refractivity contribution in [2.45, 2.75) is 58.7 Å². The van der Waals surface area contributed by atoms with E-state index in [0.29, 0.717) is 13.0 Å². The van der Waals surface area contributed by atoms with Crippen LogP contribution < -0.4 is 4.84 Å². The molecule has 2 amide bonds. The van der Waals surface area contributed by atoms with Crippen molar-refractivity contribution in [3.8, 4) is 5.75 Å². The fourth-order valence-corrected chi connectivity index (χ4v) is 2.79. The number of hydrogen-bond acceptors (Lipinski definition) is 4. The van der Waals surface area contributed by atoms with Gasteiger partial charge in [0.25, 0.3) is 5.91 Å². The van der Waals surface area contributed by atoms with E-state index in [-0.39, 0.29) is 10.8 Å². The van der Waals surface area contributed by atoms with Crippen LogP contribution in [0, 0.1) is 5.82 Å². The van der Waals surface area contributed by atoms with Crippen molar-refractivity contribution in [2.24, 2.45) is 0 Å². The molecular formula is C18H24ClFN2O4. The van der Waals surface area contributed by atoms with Crippen LogP contribution in [0.3, 0.4) is 0 Å². The monoisotopic (exact) mass is 386 g/mol. The van der Waals surface area contributed by atoms with Crippen molar-refractivity contribution in [2.75, 3.05) is 6.54 Å². The number of ether oxygens (including phenoxy) is 1. The molecule has 1 aromatic rings.